The molecule has 1 heterocycles. The molecule has 0 saturated heterocycles. The van der Waals surface area contributed by atoms with Crippen molar-refractivity contribution in [3.8, 4) is 0 Å². The molecule has 0 aliphatic heterocycles. The topological polar surface area (TPSA) is 64.0 Å². The molecule has 0 bridgehead atoms. The maximum atomic E-state index is 12.4. The lowest BCUT2D eigenvalue weighted by Gasteiger charge is -2.08. The first kappa shape index (κ1) is 14.5. The minimum atomic E-state index is -0.274. The molecule has 3 aromatic rings. The molecule has 3 rings (SSSR count). The van der Waals surface area contributed by atoms with Gasteiger partial charge in [0.15, 0.2) is 0 Å². The molecule has 0 unspecified atom stereocenters. The van der Waals surface area contributed by atoms with Crippen molar-refractivity contribution in [2.24, 2.45) is 0 Å². The molecule has 1 N–H and O–H groups in total. The predicted octanol–water partition coefficient (Wildman–Crippen LogP) is 2.80. The van der Waals surface area contributed by atoms with Crippen molar-refractivity contribution in [2.75, 3.05) is 5.32 Å². The molecule has 0 aliphatic rings. The van der Waals surface area contributed by atoms with Gasteiger partial charge in [-0.2, -0.15) is 0 Å². The van der Waals surface area contributed by atoms with Gasteiger partial charge in [0.1, 0.15) is 6.54 Å². The normalized spacial score (nSPS) is 10.6. The highest BCUT2D eigenvalue weighted by Gasteiger charge is 2.08. The minimum absolute atomic E-state index is 0.0802. The summed E-state index contributed by atoms with van der Waals surface area (Å²) in [6, 6.07) is 14.4. The third kappa shape index (κ3) is 3.07. The molecule has 1 aromatic heterocycles. The highest BCUT2D eigenvalue weighted by atomic mass is 79.9. The van der Waals surface area contributed by atoms with Gasteiger partial charge in [0.05, 0.1) is 17.2 Å². The van der Waals surface area contributed by atoms with Gasteiger partial charge in [-0.3, -0.25) is 14.2 Å². The van der Waals surface area contributed by atoms with E-state index in [1.54, 1.807) is 24.3 Å². The van der Waals surface area contributed by atoms with E-state index in [0.29, 0.717) is 16.6 Å². The summed E-state index contributed by atoms with van der Waals surface area (Å²) in [5.41, 5.74) is 1.06. The standard InChI is InChI=1S/C16H12BrN3O2/c17-11-6-7-14-13(8-11)16(22)20(10-18-14)9-15(21)19-12-4-2-1-3-5-12/h1-8,10H,9H2,(H,19,21). The number of aromatic nitrogens is 2. The maximum absolute atomic E-state index is 12.4. The molecule has 22 heavy (non-hydrogen) atoms. The second-order valence-electron chi connectivity index (χ2n) is 4.75. The number of fused-ring (bicyclic) bond motifs is 1. The summed E-state index contributed by atoms with van der Waals surface area (Å²) >= 11 is 3.33. The van der Waals surface area contributed by atoms with Gasteiger partial charge in [0.25, 0.3) is 5.56 Å². The Labute approximate surface area is 134 Å². The van der Waals surface area contributed by atoms with Crippen molar-refractivity contribution in [2.45, 2.75) is 6.54 Å². The van der Waals surface area contributed by atoms with E-state index in [0.717, 1.165) is 4.47 Å². The average molecular weight is 358 g/mol. The third-order valence-electron chi connectivity index (χ3n) is 3.16. The summed E-state index contributed by atoms with van der Waals surface area (Å²) in [5.74, 6) is -0.274. The summed E-state index contributed by atoms with van der Waals surface area (Å²) in [6.07, 6.45) is 1.39. The first-order valence-electron chi connectivity index (χ1n) is 6.63. The molecule has 0 aliphatic carbocycles. The van der Waals surface area contributed by atoms with E-state index in [1.165, 1.54) is 10.9 Å². The van der Waals surface area contributed by atoms with Gasteiger partial charge in [0.2, 0.25) is 5.91 Å². The Balaban J connectivity index is 1.86. The Morgan fingerprint density at radius 2 is 1.95 bits per heavy atom. The van der Waals surface area contributed by atoms with Crippen LogP contribution in [0.4, 0.5) is 5.69 Å². The number of halogens is 1. The summed E-state index contributed by atoms with van der Waals surface area (Å²) in [4.78, 5) is 28.6. The van der Waals surface area contributed by atoms with E-state index in [-0.39, 0.29) is 18.0 Å². The quantitative estimate of drug-likeness (QED) is 0.783. The van der Waals surface area contributed by atoms with Crippen LogP contribution >= 0.6 is 15.9 Å². The van der Waals surface area contributed by atoms with E-state index >= 15 is 0 Å². The molecule has 6 heteroatoms. The molecule has 0 atom stereocenters. The number of carbonyl (C=O) groups is 1. The third-order valence-corrected chi connectivity index (χ3v) is 3.65. The molecular weight excluding hydrogens is 346 g/mol. The molecule has 110 valence electrons. The van der Waals surface area contributed by atoms with Gasteiger partial charge in [0, 0.05) is 10.2 Å². The lowest BCUT2D eigenvalue weighted by atomic mass is 10.2. The molecule has 0 spiro atoms. The van der Waals surface area contributed by atoms with Crippen LogP contribution in [0, 0.1) is 0 Å². The van der Waals surface area contributed by atoms with Crippen LogP contribution in [0.3, 0.4) is 0 Å². The van der Waals surface area contributed by atoms with E-state index < -0.39 is 0 Å². The summed E-state index contributed by atoms with van der Waals surface area (Å²) < 4.78 is 2.10. The van der Waals surface area contributed by atoms with Crippen LogP contribution in [0.5, 0.6) is 0 Å². The first-order valence-corrected chi connectivity index (χ1v) is 7.42. The average Bonchev–Trinajstić information content (AvgIpc) is 2.51. The zero-order chi connectivity index (χ0) is 15.5. The Morgan fingerprint density at radius 3 is 2.73 bits per heavy atom. The van der Waals surface area contributed by atoms with Gasteiger partial charge < -0.3 is 5.32 Å². The van der Waals surface area contributed by atoms with Gasteiger partial charge in [-0.15, -0.1) is 0 Å². The zero-order valence-corrected chi connectivity index (χ0v) is 13.1. The van der Waals surface area contributed by atoms with Gasteiger partial charge in [-0.25, -0.2) is 4.98 Å². The fourth-order valence-corrected chi connectivity index (χ4v) is 2.48. The van der Waals surface area contributed by atoms with E-state index in [4.69, 9.17) is 0 Å². The summed E-state index contributed by atoms with van der Waals surface area (Å²) in [6.45, 7) is -0.0802. The number of amides is 1. The monoisotopic (exact) mass is 357 g/mol. The van der Waals surface area contributed by atoms with Crippen LogP contribution in [0.2, 0.25) is 0 Å². The molecule has 5 nitrogen and oxygen atoms in total. The van der Waals surface area contributed by atoms with Crippen molar-refractivity contribution in [3.63, 3.8) is 0 Å². The molecular formula is C16H12BrN3O2. The Hall–Kier alpha value is -2.47. The molecule has 0 fully saturated rings. The number of anilines is 1. The van der Waals surface area contributed by atoms with E-state index in [9.17, 15) is 9.59 Å². The highest BCUT2D eigenvalue weighted by molar-refractivity contribution is 9.10. The summed E-state index contributed by atoms with van der Waals surface area (Å²) in [7, 11) is 0. The first-order chi connectivity index (χ1) is 10.6. The van der Waals surface area contributed by atoms with Crippen molar-refractivity contribution < 1.29 is 4.79 Å². The fourth-order valence-electron chi connectivity index (χ4n) is 2.12. The smallest absolute Gasteiger partial charge is 0.261 e. The number of hydrogen-bond donors (Lipinski definition) is 1. The van der Waals surface area contributed by atoms with Gasteiger partial charge >= 0.3 is 0 Å². The second kappa shape index (κ2) is 6.11. The lowest BCUT2D eigenvalue weighted by molar-refractivity contribution is -0.116. The largest absolute Gasteiger partial charge is 0.325 e. The number of para-hydroxylation sites is 1. The van der Waals surface area contributed by atoms with E-state index in [1.807, 2.05) is 24.3 Å². The number of benzene rings is 2. The van der Waals surface area contributed by atoms with Crippen LogP contribution in [0.1, 0.15) is 0 Å². The molecule has 0 saturated carbocycles. The number of nitrogens with one attached hydrogen (secondary N) is 1. The SMILES string of the molecule is O=C(Cn1cnc2ccc(Br)cc2c1=O)Nc1ccccc1. The Kier molecular flexibility index (Phi) is 4.02. The van der Waals surface area contributed by atoms with Crippen LogP contribution in [-0.4, -0.2) is 15.5 Å². The van der Waals surface area contributed by atoms with Crippen molar-refractivity contribution in [1.29, 1.82) is 0 Å². The molecule has 0 radical (unpaired) electrons. The second-order valence-corrected chi connectivity index (χ2v) is 5.67. The number of rotatable bonds is 3. The Bertz CT molecular complexity index is 891. The van der Waals surface area contributed by atoms with Crippen LogP contribution in [0.15, 0.2) is 64.1 Å². The number of nitrogens with zero attached hydrogens (tertiary/aromatic N) is 2. The van der Waals surface area contributed by atoms with Crippen LogP contribution in [-0.2, 0) is 11.3 Å². The number of carbonyl (C=O) groups excluding carboxylic acids is 1. The molecule has 2 aromatic carbocycles. The highest BCUT2D eigenvalue weighted by Crippen LogP contribution is 2.14. The predicted molar refractivity (Wildman–Crippen MR) is 88.8 cm³/mol. The van der Waals surface area contributed by atoms with Crippen LogP contribution in [0.25, 0.3) is 10.9 Å². The molecule has 1 amide bonds. The summed E-state index contributed by atoms with van der Waals surface area (Å²) in [5, 5.41) is 3.22. The zero-order valence-electron chi connectivity index (χ0n) is 11.5. The lowest BCUT2D eigenvalue weighted by Crippen LogP contribution is -2.27. The van der Waals surface area contributed by atoms with Crippen molar-refractivity contribution in [3.05, 3.63) is 69.7 Å². The minimum Gasteiger partial charge on any atom is -0.325 e. The van der Waals surface area contributed by atoms with E-state index in [2.05, 4.69) is 26.2 Å². The number of hydrogen-bond acceptors (Lipinski definition) is 3. The maximum Gasteiger partial charge on any atom is 0.261 e. The fraction of sp³-hybridized carbons (Fsp3) is 0.0625. The van der Waals surface area contributed by atoms with Crippen molar-refractivity contribution >= 4 is 38.4 Å². The van der Waals surface area contributed by atoms with Gasteiger partial charge in [-0.1, -0.05) is 34.1 Å². The van der Waals surface area contributed by atoms with Crippen LogP contribution < -0.4 is 10.9 Å². The van der Waals surface area contributed by atoms with Crippen molar-refractivity contribution in [1.82, 2.24) is 9.55 Å². The Morgan fingerprint density at radius 1 is 1.18 bits per heavy atom. The van der Waals surface area contributed by atoms with Gasteiger partial charge in [-0.05, 0) is 30.3 Å².